The van der Waals surface area contributed by atoms with Crippen LogP contribution < -0.4 is 5.32 Å². The summed E-state index contributed by atoms with van der Waals surface area (Å²) in [4.78, 5) is 14.4. The molecule has 6 nitrogen and oxygen atoms in total. The smallest absolute Gasteiger partial charge is 0.323 e. The van der Waals surface area contributed by atoms with Crippen molar-refractivity contribution in [2.75, 3.05) is 13.1 Å². The molecule has 1 aliphatic carbocycles. The topological polar surface area (TPSA) is 98.1 Å². The molecule has 2 N–H and O–H groups in total. The zero-order valence-corrected chi connectivity index (χ0v) is 12.3. The molecule has 1 saturated carbocycles. The van der Waals surface area contributed by atoms with E-state index in [1.807, 2.05) is 0 Å². The Morgan fingerprint density at radius 3 is 2.95 bits per heavy atom. The lowest BCUT2D eigenvalue weighted by molar-refractivity contribution is -0.145. The van der Waals surface area contributed by atoms with E-state index in [4.69, 9.17) is 5.53 Å². The number of carboxylic acid groups (broad SMARTS) is 1. The first-order valence-electron chi connectivity index (χ1n) is 7.64. The lowest BCUT2D eigenvalue weighted by atomic mass is 9.89. The number of carbonyl (C=O) groups is 1. The summed E-state index contributed by atoms with van der Waals surface area (Å²) < 4.78 is 0. The second kappa shape index (κ2) is 8.82. The van der Waals surface area contributed by atoms with Crippen LogP contribution in [0.25, 0.3) is 10.4 Å². The van der Waals surface area contributed by atoms with Crippen molar-refractivity contribution < 1.29 is 9.90 Å². The van der Waals surface area contributed by atoms with Gasteiger partial charge in [-0.1, -0.05) is 37.7 Å². The zero-order valence-electron chi connectivity index (χ0n) is 12.3. The average Bonchev–Trinajstić information content (AvgIpc) is 2.63. The van der Waals surface area contributed by atoms with Gasteiger partial charge >= 0.3 is 5.97 Å². The van der Waals surface area contributed by atoms with Crippen molar-refractivity contribution in [1.29, 1.82) is 0 Å². The molecule has 0 saturated heterocycles. The van der Waals surface area contributed by atoms with Gasteiger partial charge in [-0.3, -0.25) is 4.79 Å². The van der Waals surface area contributed by atoms with E-state index in [0.717, 1.165) is 19.3 Å². The molecule has 20 heavy (non-hydrogen) atoms. The molecule has 0 spiro atoms. The molecule has 0 aliphatic heterocycles. The third-order valence-electron chi connectivity index (χ3n) is 4.26. The molecule has 0 aromatic rings. The molecule has 6 heteroatoms. The first-order valence-corrected chi connectivity index (χ1v) is 7.64. The van der Waals surface area contributed by atoms with Gasteiger partial charge in [-0.2, -0.15) is 0 Å². The maximum Gasteiger partial charge on any atom is 0.323 e. The highest BCUT2D eigenvalue weighted by Crippen LogP contribution is 2.32. The van der Waals surface area contributed by atoms with Crippen molar-refractivity contribution in [1.82, 2.24) is 5.32 Å². The molecule has 0 radical (unpaired) electrons. The normalized spacial score (nSPS) is 26.6. The summed E-state index contributed by atoms with van der Waals surface area (Å²) in [5, 5.41) is 16.3. The second-order valence-corrected chi connectivity index (χ2v) is 5.71. The van der Waals surface area contributed by atoms with Crippen LogP contribution in [0.3, 0.4) is 0 Å². The van der Waals surface area contributed by atoms with Gasteiger partial charge in [0.05, 0.1) is 0 Å². The summed E-state index contributed by atoms with van der Waals surface area (Å²) in [5.74, 6) is -0.0651. The fourth-order valence-electron chi connectivity index (χ4n) is 3.10. The quantitative estimate of drug-likeness (QED) is 0.234. The number of carboxylic acids is 1. The monoisotopic (exact) mass is 282 g/mol. The number of rotatable bonds is 8. The van der Waals surface area contributed by atoms with Crippen LogP contribution in [0.1, 0.15) is 58.3 Å². The molecular weight excluding hydrogens is 256 g/mol. The van der Waals surface area contributed by atoms with Gasteiger partial charge in [-0.05, 0) is 43.7 Å². The van der Waals surface area contributed by atoms with Crippen LogP contribution in [0.15, 0.2) is 5.11 Å². The number of hydrogen-bond acceptors (Lipinski definition) is 3. The first-order chi connectivity index (χ1) is 9.64. The molecule has 114 valence electrons. The Morgan fingerprint density at radius 1 is 1.50 bits per heavy atom. The summed E-state index contributed by atoms with van der Waals surface area (Å²) in [7, 11) is 0. The van der Waals surface area contributed by atoms with E-state index < -0.39 is 11.5 Å². The predicted molar refractivity (Wildman–Crippen MR) is 78.5 cm³/mol. The van der Waals surface area contributed by atoms with Crippen molar-refractivity contribution >= 4 is 5.97 Å². The molecule has 1 fully saturated rings. The Balaban J connectivity index is 2.53. The Bertz CT molecular complexity index is 355. The highest BCUT2D eigenvalue weighted by atomic mass is 16.4. The number of azide groups is 1. The van der Waals surface area contributed by atoms with E-state index in [1.54, 1.807) is 0 Å². The zero-order chi connectivity index (χ0) is 14.8. The molecule has 2 atom stereocenters. The highest BCUT2D eigenvalue weighted by molar-refractivity contribution is 5.78. The fraction of sp³-hybridized carbons (Fsp3) is 0.929. The van der Waals surface area contributed by atoms with Gasteiger partial charge in [-0.25, -0.2) is 0 Å². The summed E-state index contributed by atoms with van der Waals surface area (Å²) in [6, 6.07) is 0. The predicted octanol–water partition coefficient (Wildman–Crippen LogP) is 3.48. The van der Waals surface area contributed by atoms with Crippen LogP contribution in [0.5, 0.6) is 0 Å². The molecule has 2 unspecified atom stereocenters. The highest BCUT2D eigenvalue weighted by Gasteiger charge is 2.39. The third kappa shape index (κ3) is 5.02. The van der Waals surface area contributed by atoms with E-state index in [0.29, 0.717) is 38.3 Å². The number of nitrogens with zero attached hydrogens (tertiary/aromatic N) is 3. The average molecular weight is 282 g/mol. The molecule has 1 aliphatic rings. The minimum Gasteiger partial charge on any atom is -0.480 e. The molecule has 0 heterocycles. The van der Waals surface area contributed by atoms with Crippen molar-refractivity contribution in [2.24, 2.45) is 11.0 Å². The van der Waals surface area contributed by atoms with Crippen molar-refractivity contribution in [3.8, 4) is 0 Å². The molecule has 0 amide bonds. The van der Waals surface area contributed by atoms with Gasteiger partial charge in [0.15, 0.2) is 0 Å². The summed E-state index contributed by atoms with van der Waals surface area (Å²) in [6.45, 7) is 3.19. The minimum absolute atomic E-state index is 0.414. The number of nitrogens with one attached hydrogen (secondary N) is 1. The van der Waals surface area contributed by atoms with Crippen LogP contribution in [0.2, 0.25) is 0 Å². The Morgan fingerprint density at radius 2 is 2.30 bits per heavy atom. The van der Waals surface area contributed by atoms with Gasteiger partial charge in [0.1, 0.15) is 5.54 Å². The van der Waals surface area contributed by atoms with Crippen LogP contribution in [0.4, 0.5) is 0 Å². The molecular formula is C14H26N4O2. The second-order valence-electron chi connectivity index (χ2n) is 5.71. The van der Waals surface area contributed by atoms with E-state index in [2.05, 4.69) is 22.3 Å². The van der Waals surface area contributed by atoms with Crippen LogP contribution in [0, 0.1) is 5.92 Å². The number of aliphatic carboxylic acids is 1. The fourth-order valence-corrected chi connectivity index (χ4v) is 3.10. The Kier molecular flexibility index (Phi) is 7.41. The summed E-state index contributed by atoms with van der Waals surface area (Å²) in [6.07, 6.45) is 7.56. The standard InChI is InChI=1S/C14H26N4O2/c1-2-5-12-6-3-8-14(9-7-12,13(19)20)16-10-4-11-17-18-15/h12,16H,2-11H2,1H3,(H,19,20). The van der Waals surface area contributed by atoms with Gasteiger partial charge in [0.2, 0.25) is 0 Å². The van der Waals surface area contributed by atoms with Crippen molar-refractivity contribution in [3.63, 3.8) is 0 Å². The van der Waals surface area contributed by atoms with Gasteiger partial charge < -0.3 is 10.4 Å². The van der Waals surface area contributed by atoms with E-state index >= 15 is 0 Å². The van der Waals surface area contributed by atoms with Crippen LogP contribution in [-0.2, 0) is 4.79 Å². The van der Waals surface area contributed by atoms with Crippen molar-refractivity contribution in [3.05, 3.63) is 10.4 Å². The van der Waals surface area contributed by atoms with Crippen LogP contribution >= 0.6 is 0 Å². The lowest BCUT2D eigenvalue weighted by Crippen LogP contribution is -2.52. The molecule has 0 aromatic carbocycles. The van der Waals surface area contributed by atoms with Gasteiger partial charge in [0.25, 0.3) is 0 Å². The largest absolute Gasteiger partial charge is 0.480 e. The minimum atomic E-state index is -0.779. The lowest BCUT2D eigenvalue weighted by Gasteiger charge is -2.29. The summed E-state index contributed by atoms with van der Waals surface area (Å²) >= 11 is 0. The number of hydrogen-bond donors (Lipinski definition) is 2. The van der Waals surface area contributed by atoms with Gasteiger partial charge in [0, 0.05) is 11.5 Å². The Hall–Kier alpha value is -1.26. The molecule has 1 rings (SSSR count). The third-order valence-corrected chi connectivity index (χ3v) is 4.26. The Labute approximate surface area is 120 Å². The van der Waals surface area contributed by atoms with E-state index in [-0.39, 0.29) is 0 Å². The molecule has 0 bridgehead atoms. The van der Waals surface area contributed by atoms with Gasteiger partial charge in [-0.15, -0.1) is 0 Å². The van der Waals surface area contributed by atoms with Crippen molar-refractivity contribution in [2.45, 2.75) is 63.8 Å². The maximum absolute atomic E-state index is 11.7. The van der Waals surface area contributed by atoms with Crippen LogP contribution in [-0.4, -0.2) is 29.7 Å². The van der Waals surface area contributed by atoms with E-state index in [1.165, 1.54) is 12.8 Å². The SMILES string of the molecule is CCCC1CCCC(NCCCN=[N+]=[N-])(C(=O)O)CC1. The first kappa shape index (κ1) is 16.8. The maximum atomic E-state index is 11.7. The molecule has 0 aromatic heterocycles. The summed E-state index contributed by atoms with van der Waals surface area (Å²) in [5.41, 5.74) is 7.43. The van der Waals surface area contributed by atoms with E-state index in [9.17, 15) is 9.90 Å².